The minimum atomic E-state index is -0.442. The highest BCUT2D eigenvalue weighted by Gasteiger charge is 2.22. The van der Waals surface area contributed by atoms with Crippen LogP contribution in [0.15, 0.2) is 66.7 Å². The second-order valence-electron chi connectivity index (χ2n) is 7.19. The SMILES string of the molecule is CCN(CC)C(=O)Oc1cccc(C)c1-c1c(C)cccc1OC(=O)c1ccccc1. The van der Waals surface area contributed by atoms with Crippen LogP contribution in [0.4, 0.5) is 4.79 Å². The maximum Gasteiger partial charge on any atom is 0.415 e. The van der Waals surface area contributed by atoms with Crippen molar-refractivity contribution < 1.29 is 19.1 Å². The lowest BCUT2D eigenvalue weighted by molar-refractivity contribution is 0.0735. The third-order valence-corrected chi connectivity index (χ3v) is 5.15. The third-order valence-electron chi connectivity index (χ3n) is 5.15. The van der Waals surface area contributed by atoms with E-state index in [0.29, 0.717) is 30.2 Å². The summed E-state index contributed by atoms with van der Waals surface area (Å²) in [5.41, 5.74) is 3.75. The predicted molar refractivity (Wildman–Crippen MR) is 122 cm³/mol. The fourth-order valence-corrected chi connectivity index (χ4v) is 3.47. The normalized spacial score (nSPS) is 10.5. The molecule has 0 aliphatic carbocycles. The topological polar surface area (TPSA) is 55.8 Å². The van der Waals surface area contributed by atoms with Crippen LogP contribution < -0.4 is 9.47 Å². The summed E-state index contributed by atoms with van der Waals surface area (Å²) in [6.45, 7) is 8.81. The van der Waals surface area contributed by atoms with Gasteiger partial charge in [0.1, 0.15) is 11.5 Å². The predicted octanol–water partition coefficient (Wildman–Crippen LogP) is 6.03. The Morgan fingerprint density at radius 3 is 1.74 bits per heavy atom. The summed E-state index contributed by atoms with van der Waals surface area (Å²) in [4.78, 5) is 26.9. The number of rotatable bonds is 6. The van der Waals surface area contributed by atoms with Crippen molar-refractivity contribution in [3.63, 3.8) is 0 Å². The molecule has 3 aromatic rings. The Hall–Kier alpha value is -3.60. The van der Waals surface area contributed by atoms with Crippen LogP contribution in [0.1, 0.15) is 35.3 Å². The molecule has 3 aromatic carbocycles. The lowest BCUT2D eigenvalue weighted by atomic mass is 9.94. The van der Waals surface area contributed by atoms with Gasteiger partial charge in [-0.1, -0.05) is 42.5 Å². The maximum atomic E-state index is 12.7. The number of carbonyl (C=O) groups is 2. The van der Waals surface area contributed by atoms with Crippen LogP contribution in [-0.4, -0.2) is 30.1 Å². The molecule has 0 saturated heterocycles. The molecule has 5 heteroatoms. The highest BCUT2D eigenvalue weighted by atomic mass is 16.6. The molecule has 0 aliphatic heterocycles. The second kappa shape index (κ2) is 9.94. The fraction of sp³-hybridized carbons (Fsp3) is 0.231. The Balaban J connectivity index is 2.05. The minimum absolute atomic E-state index is 0.409. The number of amides is 1. The Kier molecular flexibility index (Phi) is 7.08. The number of hydrogen-bond acceptors (Lipinski definition) is 4. The largest absolute Gasteiger partial charge is 0.422 e. The van der Waals surface area contributed by atoms with E-state index in [9.17, 15) is 9.59 Å². The summed E-state index contributed by atoms with van der Waals surface area (Å²) < 4.78 is 11.6. The summed E-state index contributed by atoms with van der Waals surface area (Å²) in [6, 6.07) is 19.9. The van der Waals surface area contributed by atoms with Crippen LogP contribution in [0.2, 0.25) is 0 Å². The molecule has 0 atom stereocenters. The molecule has 0 heterocycles. The number of hydrogen-bond donors (Lipinski definition) is 0. The summed E-state index contributed by atoms with van der Waals surface area (Å²) in [6.07, 6.45) is -0.409. The molecule has 31 heavy (non-hydrogen) atoms. The summed E-state index contributed by atoms with van der Waals surface area (Å²) in [5.74, 6) is 0.411. The van der Waals surface area contributed by atoms with Crippen LogP contribution in [0.25, 0.3) is 11.1 Å². The zero-order valence-electron chi connectivity index (χ0n) is 18.3. The van der Waals surface area contributed by atoms with Crippen molar-refractivity contribution in [1.82, 2.24) is 4.90 Å². The number of aryl methyl sites for hydroxylation is 2. The quantitative estimate of drug-likeness (QED) is 0.363. The molecular formula is C26H27NO4. The van der Waals surface area contributed by atoms with Crippen molar-refractivity contribution >= 4 is 12.1 Å². The monoisotopic (exact) mass is 417 g/mol. The van der Waals surface area contributed by atoms with E-state index >= 15 is 0 Å². The van der Waals surface area contributed by atoms with Crippen LogP contribution in [-0.2, 0) is 0 Å². The van der Waals surface area contributed by atoms with Crippen molar-refractivity contribution in [2.45, 2.75) is 27.7 Å². The number of carbonyl (C=O) groups excluding carboxylic acids is 2. The van der Waals surface area contributed by atoms with E-state index < -0.39 is 12.1 Å². The van der Waals surface area contributed by atoms with E-state index in [2.05, 4.69) is 0 Å². The second-order valence-corrected chi connectivity index (χ2v) is 7.19. The number of esters is 1. The Labute approximate surface area is 183 Å². The van der Waals surface area contributed by atoms with Crippen molar-refractivity contribution in [3.8, 4) is 22.6 Å². The van der Waals surface area contributed by atoms with E-state index in [4.69, 9.17) is 9.47 Å². The van der Waals surface area contributed by atoms with E-state index in [1.807, 2.05) is 58.0 Å². The highest BCUT2D eigenvalue weighted by Crippen LogP contribution is 2.41. The molecule has 3 rings (SSSR count). The molecule has 0 saturated carbocycles. The van der Waals surface area contributed by atoms with Gasteiger partial charge in [0.05, 0.1) is 5.56 Å². The van der Waals surface area contributed by atoms with Crippen LogP contribution in [0, 0.1) is 13.8 Å². The molecule has 0 aromatic heterocycles. The number of benzene rings is 3. The van der Waals surface area contributed by atoms with Gasteiger partial charge in [0.25, 0.3) is 0 Å². The molecule has 0 radical (unpaired) electrons. The average molecular weight is 418 g/mol. The van der Waals surface area contributed by atoms with Gasteiger partial charge in [0.15, 0.2) is 0 Å². The summed E-state index contributed by atoms with van der Waals surface area (Å²) >= 11 is 0. The van der Waals surface area contributed by atoms with Crippen LogP contribution in [0.3, 0.4) is 0 Å². The third kappa shape index (κ3) is 4.94. The first-order chi connectivity index (χ1) is 15.0. The fourth-order valence-electron chi connectivity index (χ4n) is 3.47. The first-order valence-electron chi connectivity index (χ1n) is 10.4. The van der Waals surface area contributed by atoms with E-state index in [0.717, 1.165) is 22.3 Å². The van der Waals surface area contributed by atoms with E-state index in [1.54, 1.807) is 41.3 Å². The van der Waals surface area contributed by atoms with Crippen molar-refractivity contribution in [2.24, 2.45) is 0 Å². The zero-order valence-corrected chi connectivity index (χ0v) is 18.3. The van der Waals surface area contributed by atoms with Gasteiger partial charge < -0.3 is 14.4 Å². The molecule has 0 unspecified atom stereocenters. The Morgan fingerprint density at radius 2 is 1.23 bits per heavy atom. The van der Waals surface area contributed by atoms with Gasteiger partial charge >= 0.3 is 12.1 Å². The molecule has 0 fully saturated rings. The van der Waals surface area contributed by atoms with Gasteiger partial charge in [0, 0.05) is 24.2 Å². The van der Waals surface area contributed by atoms with Crippen molar-refractivity contribution in [1.29, 1.82) is 0 Å². The van der Waals surface area contributed by atoms with Gasteiger partial charge in [0.2, 0.25) is 0 Å². The Morgan fingerprint density at radius 1 is 0.710 bits per heavy atom. The van der Waals surface area contributed by atoms with Gasteiger partial charge in [-0.15, -0.1) is 0 Å². The summed E-state index contributed by atoms with van der Waals surface area (Å²) in [7, 11) is 0. The molecule has 1 amide bonds. The molecular weight excluding hydrogens is 390 g/mol. The maximum absolute atomic E-state index is 12.7. The molecule has 5 nitrogen and oxygen atoms in total. The number of ether oxygens (including phenoxy) is 2. The lowest BCUT2D eigenvalue weighted by Crippen LogP contribution is -2.33. The lowest BCUT2D eigenvalue weighted by Gasteiger charge is -2.21. The van der Waals surface area contributed by atoms with Crippen molar-refractivity contribution in [3.05, 3.63) is 83.4 Å². The molecule has 0 N–H and O–H groups in total. The van der Waals surface area contributed by atoms with Gasteiger partial charge in [-0.3, -0.25) is 0 Å². The highest BCUT2D eigenvalue weighted by molar-refractivity contribution is 5.93. The molecule has 0 aliphatic rings. The van der Waals surface area contributed by atoms with Crippen LogP contribution >= 0.6 is 0 Å². The first kappa shape index (κ1) is 22.1. The molecule has 0 bridgehead atoms. The van der Waals surface area contributed by atoms with Gasteiger partial charge in [-0.25, -0.2) is 9.59 Å². The van der Waals surface area contributed by atoms with Gasteiger partial charge in [-0.2, -0.15) is 0 Å². The van der Waals surface area contributed by atoms with E-state index in [-0.39, 0.29) is 0 Å². The Bertz CT molecular complexity index is 1070. The number of nitrogens with zero attached hydrogens (tertiary/aromatic N) is 1. The average Bonchev–Trinajstić information content (AvgIpc) is 2.76. The van der Waals surface area contributed by atoms with Crippen LogP contribution in [0.5, 0.6) is 11.5 Å². The molecule has 0 spiro atoms. The minimum Gasteiger partial charge on any atom is -0.422 e. The smallest absolute Gasteiger partial charge is 0.415 e. The van der Waals surface area contributed by atoms with E-state index in [1.165, 1.54) is 0 Å². The standard InChI is InChI=1S/C26H27NO4/c1-5-27(6-2)26(29)31-22-17-11-13-19(4)24(22)23-18(3)12-10-16-21(23)30-25(28)20-14-8-7-9-15-20/h7-17H,5-6H2,1-4H3. The molecule has 160 valence electrons. The first-order valence-corrected chi connectivity index (χ1v) is 10.4. The van der Waals surface area contributed by atoms with Crippen molar-refractivity contribution in [2.75, 3.05) is 13.1 Å². The van der Waals surface area contributed by atoms with Gasteiger partial charge in [-0.05, 0) is 63.1 Å². The summed E-state index contributed by atoms with van der Waals surface area (Å²) in [5, 5.41) is 0. The zero-order chi connectivity index (χ0) is 22.4.